The van der Waals surface area contributed by atoms with Crippen LogP contribution in [0, 0.1) is 0 Å². The molecule has 1 heterocycles. The number of cyclic esters (lactones) is 1. The Balaban J connectivity index is 1.56. The van der Waals surface area contributed by atoms with Gasteiger partial charge in [0.2, 0.25) is 5.90 Å². The fourth-order valence-corrected chi connectivity index (χ4v) is 2.87. The highest BCUT2D eigenvalue weighted by molar-refractivity contribution is 6.07. The van der Waals surface area contributed by atoms with Gasteiger partial charge in [-0.2, -0.15) is 0 Å². The molecule has 5 heteroatoms. The number of carbonyl (C=O) groups is 2. The molecule has 3 aromatic rings. The van der Waals surface area contributed by atoms with E-state index in [1.165, 1.54) is 0 Å². The van der Waals surface area contributed by atoms with Gasteiger partial charge in [0.25, 0.3) is 0 Å². The second-order valence-electron chi connectivity index (χ2n) is 6.38. The standard InChI is InChI=1S/C24H17NO4/c26-23(18-11-5-2-6-12-18)28-21-14-8-7-13-19(21)16-20-24(27)29-22(25-20)15-17-9-3-1-4-10-17/h1-14,16H,15H2/b20-16+. The average molecular weight is 383 g/mol. The molecule has 0 bridgehead atoms. The highest BCUT2D eigenvalue weighted by Crippen LogP contribution is 2.25. The number of nitrogens with zero attached hydrogens (tertiary/aromatic N) is 1. The van der Waals surface area contributed by atoms with Crippen LogP contribution in [-0.4, -0.2) is 17.8 Å². The summed E-state index contributed by atoms with van der Waals surface area (Å²) in [6, 6.07) is 25.3. The van der Waals surface area contributed by atoms with Crippen molar-refractivity contribution in [1.29, 1.82) is 0 Å². The fraction of sp³-hybridized carbons (Fsp3) is 0.0417. The molecule has 29 heavy (non-hydrogen) atoms. The first-order valence-corrected chi connectivity index (χ1v) is 9.11. The van der Waals surface area contributed by atoms with Gasteiger partial charge in [-0.15, -0.1) is 0 Å². The third-order valence-corrected chi connectivity index (χ3v) is 4.29. The molecule has 1 aliphatic heterocycles. The molecule has 0 amide bonds. The van der Waals surface area contributed by atoms with Crippen LogP contribution in [0.25, 0.3) is 6.08 Å². The lowest BCUT2D eigenvalue weighted by atomic mass is 10.1. The van der Waals surface area contributed by atoms with Gasteiger partial charge in [0.15, 0.2) is 5.70 Å². The third-order valence-electron chi connectivity index (χ3n) is 4.29. The minimum atomic E-state index is -0.528. The lowest BCUT2D eigenvalue weighted by molar-refractivity contribution is -0.130. The predicted molar refractivity (Wildman–Crippen MR) is 109 cm³/mol. The molecule has 0 fully saturated rings. The van der Waals surface area contributed by atoms with Crippen LogP contribution in [0.15, 0.2) is 95.6 Å². The summed E-state index contributed by atoms with van der Waals surface area (Å²) < 4.78 is 10.8. The molecule has 0 unspecified atom stereocenters. The summed E-state index contributed by atoms with van der Waals surface area (Å²) in [5.41, 5.74) is 2.17. The van der Waals surface area contributed by atoms with Crippen LogP contribution in [0.4, 0.5) is 0 Å². The summed E-state index contributed by atoms with van der Waals surface area (Å²) in [5.74, 6) is -0.321. The molecule has 0 spiro atoms. The minimum Gasteiger partial charge on any atom is -0.422 e. The van der Waals surface area contributed by atoms with E-state index in [1.807, 2.05) is 36.4 Å². The van der Waals surface area contributed by atoms with Crippen molar-refractivity contribution in [3.63, 3.8) is 0 Å². The topological polar surface area (TPSA) is 65.0 Å². The van der Waals surface area contributed by atoms with E-state index < -0.39 is 11.9 Å². The SMILES string of the molecule is O=C1OC(Cc2ccccc2)=N/C1=C/c1ccccc1OC(=O)c1ccccc1. The second kappa shape index (κ2) is 8.35. The van der Waals surface area contributed by atoms with E-state index in [-0.39, 0.29) is 5.70 Å². The zero-order valence-corrected chi connectivity index (χ0v) is 15.4. The van der Waals surface area contributed by atoms with Crippen molar-refractivity contribution < 1.29 is 19.1 Å². The van der Waals surface area contributed by atoms with Crippen molar-refractivity contribution in [2.45, 2.75) is 6.42 Å². The molecule has 4 rings (SSSR count). The average Bonchev–Trinajstić information content (AvgIpc) is 3.09. The molecule has 1 aliphatic rings. The van der Waals surface area contributed by atoms with Gasteiger partial charge in [-0.1, -0.05) is 66.7 Å². The number of rotatable bonds is 5. The van der Waals surface area contributed by atoms with Crippen molar-refractivity contribution in [3.05, 3.63) is 107 Å². The Kier molecular flexibility index (Phi) is 5.29. The molecular weight excluding hydrogens is 366 g/mol. The van der Waals surface area contributed by atoms with Crippen LogP contribution < -0.4 is 4.74 Å². The van der Waals surface area contributed by atoms with Gasteiger partial charge >= 0.3 is 11.9 Å². The zero-order valence-electron chi connectivity index (χ0n) is 15.4. The smallest absolute Gasteiger partial charge is 0.363 e. The number of aliphatic imine (C=N–C) groups is 1. The maximum atomic E-state index is 12.4. The van der Waals surface area contributed by atoms with Gasteiger partial charge in [-0.05, 0) is 29.8 Å². The molecule has 0 saturated carbocycles. The van der Waals surface area contributed by atoms with Gasteiger partial charge < -0.3 is 9.47 Å². The first-order valence-electron chi connectivity index (χ1n) is 9.11. The van der Waals surface area contributed by atoms with E-state index in [1.54, 1.807) is 54.6 Å². The molecule has 0 saturated heterocycles. The summed E-state index contributed by atoms with van der Waals surface area (Å²) in [7, 11) is 0. The number of para-hydroxylation sites is 1. The lowest BCUT2D eigenvalue weighted by Gasteiger charge is -2.07. The maximum absolute atomic E-state index is 12.4. The first-order chi connectivity index (χ1) is 14.2. The van der Waals surface area contributed by atoms with E-state index in [0.717, 1.165) is 5.56 Å². The second-order valence-corrected chi connectivity index (χ2v) is 6.38. The van der Waals surface area contributed by atoms with Crippen molar-refractivity contribution in [2.75, 3.05) is 0 Å². The van der Waals surface area contributed by atoms with Gasteiger partial charge in [-0.25, -0.2) is 14.6 Å². The molecule has 0 N–H and O–H groups in total. The van der Waals surface area contributed by atoms with E-state index in [4.69, 9.17) is 9.47 Å². The van der Waals surface area contributed by atoms with E-state index in [9.17, 15) is 9.59 Å². The minimum absolute atomic E-state index is 0.166. The summed E-state index contributed by atoms with van der Waals surface area (Å²) in [5, 5.41) is 0. The third kappa shape index (κ3) is 4.47. The molecule has 0 aliphatic carbocycles. The van der Waals surface area contributed by atoms with Crippen LogP contribution in [0.1, 0.15) is 21.5 Å². The highest BCUT2D eigenvalue weighted by atomic mass is 16.6. The van der Waals surface area contributed by atoms with Crippen LogP contribution >= 0.6 is 0 Å². The number of benzene rings is 3. The Hall–Kier alpha value is -3.99. The molecule has 5 nitrogen and oxygen atoms in total. The van der Waals surface area contributed by atoms with E-state index >= 15 is 0 Å². The number of hydrogen-bond donors (Lipinski definition) is 0. The molecule has 0 aromatic heterocycles. The van der Waals surface area contributed by atoms with Crippen LogP contribution in [0.3, 0.4) is 0 Å². The molecular formula is C24H17NO4. The Bertz CT molecular complexity index is 1100. The highest BCUT2D eigenvalue weighted by Gasteiger charge is 2.23. The van der Waals surface area contributed by atoms with Crippen molar-refractivity contribution >= 4 is 23.9 Å². The van der Waals surface area contributed by atoms with Gasteiger partial charge in [0, 0.05) is 12.0 Å². The van der Waals surface area contributed by atoms with Gasteiger partial charge in [0.05, 0.1) is 5.56 Å². The lowest BCUT2D eigenvalue weighted by Crippen LogP contribution is -2.09. The van der Waals surface area contributed by atoms with E-state index in [0.29, 0.717) is 29.2 Å². The summed E-state index contributed by atoms with van der Waals surface area (Å²) >= 11 is 0. The quantitative estimate of drug-likeness (QED) is 0.371. The molecule has 0 radical (unpaired) electrons. The van der Waals surface area contributed by atoms with E-state index in [2.05, 4.69) is 4.99 Å². The first kappa shape index (κ1) is 18.4. The largest absolute Gasteiger partial charge is 0.422 e. The molecule has 3 aromatic carbocycles. The monoisotopic (exact) mass is 383 g/mol. The van der Waals surface area contributed by atoms with Crippen molar-refractivity contribution in [2.24, 2.45) is 4.99 Å². The number of ether oxygens (including phenoxy) is 2. The van der Waals surface area contributed by atoms with Crippen LogP contribution in [0.5, 0.6) is 5.75 Å². The zero-order chi connectivity index (χ0) is 20.1. The number of esters is 2. The fourth-order valence-electron chi connectivity index (χ4n) is 2.87. The number of carbonyl (C=O) groups excluding carboxylic acids is 2. The molecule has 0 atom stereocenters. The number of hydrogen-bond acceptors (Lipinski definition) is 5. The van der Waals surface area contributed by atoms with Gasteiger partial charge in [0.1, 0.15) is 5.75 Å². The summed E-state index contributed by atoms with van der Waals surface area (Å²) in [4.78, 5) is 28.9. The van der Waals surface area contributed by atoms with Crippen LogP contribution in [0.2, 0.25) is 0 Å². The predicted octanol–water partition coefficient (Wildman–Crippen LogP) is 4.44. The Morgan fingerprint density at radius 1 is 0.897 bits per heavy atom. The van der Waals surface area contributed by atoms with Crippen molar-refractivity contribution in [3.8, 4) is 5.75 Å². The summed E-state index contributed by atoms with van der Waals surface area (Å²) in [6.45, 7) is 0. The molecule has 142 valence electrons. The maximum Gasteiger partial charge on any atom is 0.363 e. The van der Waals surface area contributed by atoms with Crippen molar-refractivity contribution in [1.82, 2.24) is 0 Å². The Morgan fingerprint density at radius 2 is 1.55 bits per heavy atom. The van der Waals surface area contributed by atoms with Crippen LogP contribution in [-0.2, 0) is 16.0 Å². The normalized spacial score (nSPS) is 14.4. The summed E-state index contributed by atoms with van der Waals surface area (Å²) in [6.07, 6.45) is 1.99. The Labute approximate surface area is 167 Å². The Morgan fingerprint density at radius 3 is 2.31 bits per heavy atom. The van der Waals surface area contributed by atoms with Gasteiger partial charge in [-0.3, -0.25) is 0 Å².